The van der Waals surface area contributed by atoms with Crippen LogP contribution in [0.5, 0.6) is 0 Å². The van der Waals surface area contributed by atoms with E-state index in [1.807, 2.05) is 18.7 Å². The van der Waals surface area contributed by atoms with Crippen LogP contribution in [0.3, 0.4) is 0 Å². The largest absolute Gasteiger partial charge is 0.372 e. The van der Waals surface area contributed by atoms with Gasteiger partial charge in [0.2, 0.25) is 17.7 Å². The Kier molecular flexibility index (Phi) is 7.44. The van der Waals surface area contributed by atoms with Gasteiger partial charge in [0, 0.05) is 43.2 Å². The van der Waals surface area contributed by atoms with E-state index < -0.39 is 5.91 Å². The molecule has 2 atom stereocenters. The Bertz CT molecular complexity index is 749. The number of primary amides is 1. The van der Waals surface area contributed by atoms with E-state index >= 15 is 0 Å². The molecule has 3 amide bonds. The quantitative estimate of drug-likeness (QED) is 0.731. The summed E-state index contributed by atoms with van der Waals surface area (Å²) < 4.78 is 5.72. The number of piperidine rings is 1. The van der Waals surface area contributed by atoms with Gasteiger partial charge in [-0.05, 0) is 64.0 Å². The van der Waals surface area contributed by atoms with E-state index in [9.17, 15) is 14.4 Å². The van der Waals surface area contributed by atoms with Crippen LogP contribution < -0.4 is 11.1 Å². The maximum Gasteiger partial charge on any atom is 0.248 e. The van der Waals surface area contributed by atoms with Crippen molar-refractivity contribution in [3.05, 3.63) is 29.8 Å². The van der Waals surface area contributed by atoms with Crippen LogP contribution in [0, 0.1) is 5.92 Å². The summed E-state index contributed by atoms with van der Waals surface area (Å²) in [5.41, 5.74) is 6.27. The van der Waals surface area contributed by atoms with Crippen molar-refractivity contribution < 1.29 is 19.1 Å². The van der Waals surface area contributed by atoms with E-state index in [4.69, 9.17) is 10.5 Å². The van der Waals surface area contributed by atoms with Crippen LogP contribution in [-0.4, -0.2) is 72.5 Å². The molecule has 0 aliphatic carbocycles. The number of nitrogens with zero attached hydrogens (tertiary/aromatic N) is 2. The number of nitrogens with two attached hydrogens (primary N) is 1. The number of morpholine rings is 1. The topological polar surface area (TPSA) is 105 Å². The molecule has 2 aliphatic heterocycles. The van der Waals surface area contributed by atoms with Gasteiger partial charge in [0.05, 0.1) is 12.2 Å². The summed E-state index contributed by atoms with van der Waals surface area (Å²) in [5.74, 6) is -0.256. The molecule has 0 aromatic heterocycles. The lowest BCUT2D eigenvalue weighted by Crippen LogP contribution is -2.51. The number of rotatable bonds is 6. The molecule has 3 N–H and O–H groups in total. The fourth-order valence-electron chi connectivity index (χ4n) is 4.22. The number of benzene rings is 1. The molecule has 8 nitrogen and oxygen atoms in total. The number of carbonyl (C=O) groups excluding carboxylic acids is 3. The van der Waals surface area contributed by atoms with Gasteiger partial charge in [-0.2, -0.15) is 0 Å². The Balaban J connectivity index is 1.38. The van der Waals surface area contributed by atoms with Crippen LogP contribution in [0.4, 0.5) is 5.69 Å². The molecule has 2 saturated heterocycles. The van der Waals surface area contributed by atoms with Crippen molar-refractivity contribution in [2.75, 3.05) is 38.0 Å². The zero-order valence-electron chi connectivity index (χ0n) is 17.8. The Morgan fingerprint density at radius 1 is 1.07 bits per heavy atom. The third-order valence-electron chi connectivity index (χ3n) is 5.78. The van der Waals surface area contributed by atoms with Crippen molar-refractivity contribution in [2.24, 2.45) is 11.7 Å². The second-order valence-corrected chi connectivity index (χ2v) is 8.36. The first-order valence-corrected chi connectivity index (χ1v) is 10.7. The minimum absolute atomic E-state index is 0.0661. The molecule has 0 radical (unpaired) electrons. The van der Waals surface area contributed by atoms with Gasteiger partial charge < -0.3 is 25.6 Å². The predicted octanol–water partition coefficient (Wildman–Crippen LogP) is 1.46. The van der Waals surface area contributed by atoms with Crippen LogP contribution in [0.25, 0.3) is 0 Å². The van der Waals surface area contributed by atoms with E-state index in [0.29, 0.717) is 37.3 Å². The van der Waals surface area contributed by atoms with Crippen LogP contribution in [0.2, 0.25) is 0 Å². The van der Waals surface area contributed by atoms with E-state index in [0.717, 1.165) is 25.9 Å². The standard InChI is InChI=1S/C22H32N4O4/c1-15-13-26(14-16(2)30-15)22(29)18-7-10-25(11-8-18)12-9-20(27)24-19-5-3-17(4-6-19)21(23)28/h3-6,15-16,18H,7-14H2,1-2H3,(H2,23,28)(H,24,27). The first-order valence-electron chi connectivity index (χ1n) is 10.7. The second kappa shape index (κ2) is 10.0. The van der Waals surface area contributed by atoms with E-state index in [1.165, 1.54) is 0 Å². The lowest BCUT2D eigenvalue weighted by Gasteiger charge is -2.39. The molecule has 164 valence electrons. The highest BCUT2D eigenvalue weighted by Gasteiger charge is 2.32. The predicted molar refractivity (Wildman–Crippen MR) is 114 cm³/mol. The molecule has 2 aliphatic rings. The fourth-order valence-corrected chi connectivity index (χ4v) is 4.22. The molecular formula is C22H32N4O4. The molecule has 2 fully saturated rings. The lowest BCUT2D eigenvalue weighted by atomic mass is 9.94. The summed E-state index contributed by atoms with van der Waals surface area (Å²) in [6, 6.07) is 6.52. The van der Waals surface area contributed by atoms with E-state index in [2.05, 4.69) is 10.2 Å². The van der Waals surface area contributed by atoms with Gasteiger partial charge in [-0.25, -0.2) is 0 Å². The molecule has 2 unspecified atom stereocenters. The van der Waals surface area contributed by atoms with Gasteiger partial charge >= 0.3 is 0 Å². The van der Waals surface area contributed by atoms with Crippen LogP contribution in [-0.2, 0) is 14.3 Å². The third-order valence-corrected chi connectivity index (χ3v) is 5.78. The van der Waals surface area contributed by atoms with Crippen molar-refractivity contribution in [3.8, 4) is 0 Å². The summed E-state index contributed by atoms with van der Waals surface area (Å²) in [7, 11) is 0. The third kappa shape index (κ3) is 6.03. The Labute approximate surface area is 177 Å². The van der Waals surface area contributed by atoms with Crippen molar-refractivity contribution in [3.63, 3.8) is 0 Å². The van der Waals surface area contributed by atoms with Crippen molar-refractivity contribution >= 4 is 23.4 Å². The number of anilines is 1. The number of carbonyl (C=O) groups is 3. The molecule has 30 heavy (non-hydrogen) atoms. The minimum Gasteiger partial charge on any atom is -0.372 e. The molecule has 3 rings (SSSR count). The average molecular weight is 417 g/mol. The molecule has 1 aromatic carbocycles. The summed E-state index contributed by atoms with van der Waals surface area (Å²) >= 11 is 0. The minimum atomic E-state index is -0.493. The number of amides is 3. The highest BCUT2D eigenvalue weighted by Crippen LogP contribution is 2.22. The molecule has 0 saturated carbocycles. The zero-order chi connectivity index (χ0) is 21.7. The molecule has 2 heterocycles. The fraction of sp³-hybridized carbons (Fsp3) is 0.591. The van der Waals surface area contributed by atoms with Gasteiger partial charge in [0.25, 0.3) is 0 Å². The monoisotopic (exact) mass is 416 g/mol. The summed E-state index contributed by atoms with van der Waals surface area (Å²) in [5, 5.41) is 2.84. The van der Waals surface area contributed by atoms with Gasteiger partial charge in [0.15, 0.2) is 0 Å². The average Bonchev–Trinajstić information content (AvgIpc) is 2.72. The Hall–Kier alpha value is -2.45. The molecule has 0 spiro atoms. The SMILES string of the molecule is CC1CN(C(=O)C2CCN(CCC(=O)Nc3ccc(C(N)=O)cc3)CC2)CC(C)O1. The Morgan fingerprint density at radius 3 is 2.23 bits per heavy atom. The Morgan fingerprint density at radius 2 is 1.67 bits per heavy atom. The van der Waals surface area contributed by atoms with Crippen LogP contribution in [0.15, 0.2) is 24.3 Å². The molecule has 0 bridgehead atoms. The summed E-state index contributed by atoms with van der Waals surface area (Å²) in [6.45, 7) is 7.68. The molecule has 8 heteroatoms. The van der Waals surface area contributed by atoms with Gasteiger partial charge in [-0.1, -0.05) is 0 Å². The van der Waals surface area contributed by atoms with Crippen LogP contribution >= 0.6 is 0 Å². The maximum absolute atomic E-state index is 12.8. The lowest BCUT2D eigenvalue weighted by molar-refractivity contribution is -0.149. The van der Waals surface area contributed by atoms with E-state index in [-0.39, 0.29) is 29.9 Å². The van der Waals surface area contributed by atoms with Gasteiger partial charge in [-0.15, -0.1) is 0 Å². The second-order valence-electron chi connectivity index (χ2n) is 8.36. The highest BCUT2D eigenvalue weighted by atomic mass is 16.5. The highest BCUT2D eigenvalue weighted by molar-refractivity contribution is 5.94. The number of ether oxygens (including phenoxy) is 1. The number of hydrogen-bond donors (Lipinski definition) is 2. The van der Waals surface area contributed by atoms with Crippen LogP contribution in [0.1, 0.15) is 43.5 Å². The van der Waals surface area contributed by atoms with Crippen molar-refractivity contribution in [1.29, 1.82) is 0 Å². The first-order chi connectivity index (χ1) is 14.3. The number of nitrogens with one attached hydrogen (secondary N) is 1. The normalized spacial score (nSPS) is 23.2. The number of likely N-dealkylation sites (tertiary alicyclic amines) is 1. The number of hydrogen-bond acceptors (Lipinski definition) is 5. The smallest absolute Gasteiger partial charge is 0.248 e. The zero-order valence-corrected chi connectivity index (χ0v) is 17.8. The summed E-state index contributed by atoms with van der Waals surface area (Å²) in [4.78, 5) is 40.3. The van der Waals surface area contributed by atoms with E-state index in [1.54, 1.807) is 24.3 Å². The van der Waals surface area contributed by atoms with Gasteiger partial charge in [-0.3, -0.25) is 14.4 Å². The molecular weight excluding hydrogens is 384 g/mol. The van der Waals surface area contributed by atoms with Crippen molar-refractivity contribution in [1.82, 2.24) is 9.80 Å². The molecule has 1 aromatic rings. The first kappa shape index (κ1) is 22.2. The van der Waals surface area contributed by atoms with Crippen molar-refractivity contribution in [2.45, 2.75) is 45.3 Å². The summed E-state index contributed by atoms with van der Waals surface area (Å²) in [6.07, 6.45) is 2.21. The van der Waals surface area contributed by atoms with Gasteiger partial charge in [0.1, 0.15) is 0 Å². The maximum atomic E-state index is 12.8.